The Hall–Kier alpha value is -14.3. The Morgan fingerprint density at radius 2 is 0.723 bits per heavy atom. The molecule has 0 aliphatic heterocycles. The fourth-order valence-corrected chi connectivity index (χ4v) is 18.1. The minimum Gasteiger partial charge on any atom is -0.489 e. The van der Waals surface area contributed by atoms with E-state index in [2.05, 4.69) is 71.6 Å². The number of esters is 1. The van der Waals surface area contributed by atoms with Gasteiger partial charge in [-0.3, -0.25) is 33.3 Å². The maximum absolute atomic E-state index is 12.8. The summed E-state index contributed by atoms with van der Waals surface area (Å²) in [6, 6.07) is 42.6. The number of aryl methyl sites for hydroxylation is 7. The number of carbonyl (C=O) groups is 7. The summed E-state index contributed by atoms with van der Waals surface area (Å²) >= 11 is 0. The van der Waals surface area contributed by atoms with Gasteiger partial charge in [-0.2, -0.15) is 17.4 Å². The molecule has 0 spiro atoms. The summed E-state index contributed by atoms with van der Waals surface area (Å²) in [6.45, 7) is 7.07. The number of methoxy groups -OCH3 is 1. The molecule has 750 valence electrons. The SMILES string of the molecule is COCc1nc(-c2nnn(C)c2CNC(=O)OCc2ccccc2)ccc1O[C@H]1CCC[C@H](C(=O)O)C1.Cc1nc(-c2nnn(C)c2CC(=O)OCC2CCC2)ccc1O[C@H]1CCC[C@H](C(=O)O)C1.Cc1nc(-c2nnn(C)c2CNC(=O)OCc2ccccc2)ccc1O[C@H]1CCC[C@H](C(=O)O)C1.Cc1nc(-c2nnn(C)c2CNS(=O)(=O)N(C)Cc2ccccc2)ccc1O[C@H]1CCC[C@H](C(=O)O)C1. The molecule has 16 rings (SSSR count). The number of alkyl carbamates (subject to hydrolysis) is 2. The van der Waals surface area contributed by atoms with E-state index in [0.29, 0.717) is 178 Å². The Bertz CT molecular complexity index is 6200. The number of benzene rings is 3. The lowest BCUT2D eigenvalue weighted by atomic mass is 9.86. The fraction of sp³-hybridized carbons (Fsp3) is 0.465. The van der Waals surface area contributed by atoms with Crippen LogP contribution in [0.5, 0.6) is 23.0 Å². The molecule has 5 aliphatic rings. The number of aromatic nitrogens is 16. The first-order valence-corrected chi connectivity index (χ1v) is 48.7. The van der Waals surface area contributed by atoms with Crippen molar-refractivity contribution < 1.29 is 100 Å². The third kappa shape index (κ3) is 29.4. The van der Waals surface area contributed by atoms with E-state index in [0.717, 1.165) is 80.9 Å². The van der Waals surface area contributed by atoms with Crippen LogP contribution in [-0.4, -0.2) is 200 Å². The summed E-state index contributed by atoms with van der Waals surface area (Å²) in [5.74, 6) is -1.99. The Morgan fingerprint density at radius 1 is 0.397 bits per heavy atom. The van der Waals surface area contributed by atoms with Crippen LogP contribution in [0.4, 0.5) is 9.59 Å². The number of hydrogen-bond acceptors (Lipinski definition) is 29. The van der Waals surface area contributed by atoms with Gasteiger partial charge < -0.3 is 69.0 Å². The third-order valence-electron chi connectivity index (χ3n) is 25.5. The van der Waals surface area contributed by atoms with E-state index in [9.17, 15) is 62.4 Å². The molecule has 7 N–H and O–H groups in total. The zero-order chi connectivity index (χ0) is 100. The van der Waals surface area contributed by atoms with E-state index in [1.807, 2.05) is 124 Å². The Morgan fingerprint density at radius 3 is 1.07 bits per heavy atom. The van der Waals surface area contributed by atoms with Gasteiger partial charge in [-0.05, 0) is 207 Å². The van der Waals surface area contributed by atoms with Crippen molar-refractivity contribution in [2.45, 2.75) is 220 Å². The summed E-state index contributed by atoms with van der Waals surface area (Å²) in [6.07, 6.45) is 13.0. The average Bonchev–Trinajstić information content (AvgIpc) is 1.71. The molecular weight excluding hydrogens is 1840 g/mol. The first-order chi connectivity index (χ1) is 67.9. The van der Waals surface area contributed by atoms with Crippen molar-refractivity contribution in [2.75, 3.05) is 20.8 Å². The number of rotatable bonds is 36. The number of ether oxygens (including phenoxy) is 8. The molecule has 5 saturated carbocycles. The number of carbonyl (C=O) groups excluding carboxylic acids is 3. The van der Waals surface area contributed by atoms with Crippen molar-refractivity contribution >= 4 is 52.2 Å². The molecular formula is C99H122N20O21S. The van der Waals surface area contributed by atoms with Crippen LogP contribution in [0, 0.1) is 50.4 Å². The van der Waals surface area contributed by atoms with E-state index in [-0.39, 0.29) is 101 Å². The van der Waals surface area contributed by atoms with E-state index >= 15 is 0 Å². The number of amides is 2. The van der Waals surface area contributed by atoms with Crippen LogP contribution in [-0.2, 0) is 134 Å². The largest absolute Gasteiger partial charge is 0.489 e. The Labute approximate surface area is 816 Å². The molecule has 0 saturated heterocycles. The zero-order valence-corrected chi connectivity index (χ0v) is 81.3. The Balaban J connectivity index is 0.000000158. The number of carboxylic acid groups (broad SMARTS) is 4. The van der Waals surface area contributed by atoms with Gasteiger partial charge in [-0.15, -0.1) is 20.4 Å². The predicted molar refractivity (Wildman–Crippen MR) is 511 cm³/mol. The molecule has 0 unspecified atom stereocenters. The maximum Gasteiger partial charge on any atom is 0.407 e. The average molecular weight is 1960 g/mol. The monoisotopic (exact) mass is 1960 g/mol. The summed E-state index contributed by atoms with van der Waals surface area (Å²) < 4.78 is 81.6. The molecule has 5 fully saturated rings. The fourth-order valence-electron chi connectivity index (χ4n) is 17.2. The normalized spacial score (nSPS) is 18.4. The molecule has 11 aromatic rings. The number of pyridine rings is 4. The van der Waals surface area contributed by atoms with E-state index in [1.54, 1.807) is 85.7 Å². The van der Waals surface area contributed by atoms with E-state index in [4.69, 9.17) is 42.9 Å². The number of hydrogen-bond donors (Lipinski definition) is 7. The molecule has 5 aliphatic carbocycles. The molecule has 41 nitrogen and oxygen atoms in total. The zero-order valence-electron chi connectivity index (χ0n) is 80.5. The minimum absolute atomic E-state index is 0.0159. The van der Waals surface area contributed by atoms with Crippen LogP contribution >= 0.6 is 0 Å². The van der Waals surface area contributed by atoms with Crippen LogP contribution in [0.15, 0.2) is 140 Å². The molecule has 141 heavy (non-hydrogen) atoms. The molecule has 8 aromatic heterocycles. The lowest BCUT2D eigenvalue weighted by Gasteiger charge is -2.28. The van der Waals surface area contributed by atoms with Crippen molar-refractivity contribution in [3.63, 3.8) is 0 Å². The highest BCUT2D eigenvalue weighted by molar-refractivity contribution is 7.87. The Kier molecular flexibility index (Phi) is 36.9. The summed E-state index contributed by atoms with van der Waals surface area (Å²) in [5, 5.41) is 76.0. The van der Waals surface area contributed by atoms with Crippen LogP contribution in [0.3, 0.4) is 0 Å². The molecule has 8 atom stereocenters. The van der Waals surface area contributed by atoms with Crippen LogP contribution in [0.25, 0.3) is 45.6 Å². The van der Waals surface area contributed by atoms with Gasteiger partial charge >= 0.3 is 42.0 Å². The van der Waals surface area contributed by atoms with Crippen LogP contribution in [0.1, 0.15) is 184 Å². The van der Waals surface area contributed by atoms with Gasteiger partial charge in [0, 0.05) is 48.9 Å². The lowest BCUT2D eigenvalue weighted by Crippen LogP contribution is -2.37. The van der Waals surface area contributed by atoms with Crippen molar-refractivity contribution in [3.8, 4) is 68.5 Å². The van der Waals surface area contributed by atoms with Gasteiger partial charge in [0.2, 0.25) is 0 Å². The van der Waals surface area contributed by atoms with E-state index < -0.39 is 52.2 Å². The van der Waals surface area contributed by atoms with Gasteiger partial charge in [-0.25, -0.2) is 38.9 Å². The highest BCUT2D eigenvalue weighted by Crippen LogP contribution is 2.38. The first kappa shape index (κ1) is 104. The standard InChI is InChI=1S/C26H31N5O6.C25H32N6O5S.C25H29N5O5.C23H30N4O5/c1-31-22(14-27-26(34)36-15-17-7-4-3-5-8-17)24(29-30-31)20-11-12-23(21(28-20)16-35-2)37-19-10-6-9-18(13-19)25(32)33;1-17-23(36-20-11-7-10-19(14-20)25(32)33)13-12-21(27-17)24-22(31(3)29-28-24)15-26-37(34,35)30(2)16-18-8-5-4-6-9-18;1-16-22(35-19-10-6-9-18(13-19)24(31)32)12-11-20(27-16)23-21(30(2)29-28-23)14-26-25(33)34-15-17-7-4-3-5-8-17;1-14-20(32-17-8-4-7-16(11-17)23(29)30)10-9-18(24-14)22-19(27(2)26-25-22)12-21(28)31-13-15-5-3-6-15/h3-5,7-8,11-12,18-19H,6,9-10,13-16H2,1-2H3,(H,27,34)(H,32,33);4-6,8-9,12-13,19-20,26H,7,10-11,14-16H2,1-3H3,(H,32,33);3-5,7-8,11-12,18-19H,6,9-10,13-15H2,1-2H3,(H,26,33)(H,31,32);9-10,15-17H,3-8,11-13H2,1-2H3,(H,29,30)/t18-,19-;19-,20-;18-,19-;16-,17-/m0000/s1. The number of nitrogens with one attached hydrogen (secondary N) is 3. The van der Waals surface area contributed by atoms with Gasteiger partial charge in [0.05, 0.1) is 150 Å². The highest BCUT2D eigenvalue weighted by atomic mass is 32.2. The van der Waals surface area contributed by atoms with Crippen LogP contribution in [0.2, 0.25) is 0 Å². The predicted octanol–water partition coefficient (Wildman–Crippen LogP) is 12.9. The maximum atomic E-state index is 12.8. The number of aliphatic carboxylic acids is 4. The molecule has 2 amide bonds. The first-order valence-electron chi connectivity index (χ1n) is 47.2. The molecule has 3 aromatic carbocycles. The van der Waals surface area contributed by atoms with Gasteiger partial charge in [-0.1, -0.05) is 118 Å². The number of nitrogens with zero attached hydrogens (tertiary/aromatic N) is 17. The molecule has 0 bridgehead atoms. The highest BCUT2D eigenvalue weighted by Gasteiger charge is 2.35. The number of carboxylic acids is 4. The van der Waals surface area contributed by atoms with Crippen molar-refractivity contribution in [1.29, 1.82) is 0 Å². The van der Waals surface area contributed by atoms with Gasteiger partial charge in [0.25, 0.3) is 10.2 Å². The smallest absolute Gasteiger partial charge is 0.407 e. The lowest BCUT2D eigenvalue weighted by molar-refractivity contribution is -0.145. The second-order valence-corrected chi connectivity index (χ2v) is 37.6. The molecule has 8 heterocycles. The van der Waals surface area contributed by atoms with Crippen molar-refractivity contribution in [2.24, 2.45) is 57.8 Å². The second-order valence-electron chi connectivity index (χ2n) is 35.8. The molecule has 42 heteroatoms. The van der Waals surface area contributed by atoms with Crippen molar-refractivity contribution in [1.82, 2.24) is 99.6 Å². The topological polar surface area (TPSA) is 522 Å². The van der Waals surface area contributed by atoms with Gasteiger partial charge in [0.1, 0.15) is 64.7 Å². The van der Waals surface area contributed by atoms with Crippen molar-refractivity contribution in [3.05, 3.63) is 202 Å². The second kappa shape index (κ2) is 50.0. The van der Waals surface area contributed by atoms with Crippen LogP contribution < -0.4 is 34.3 Å². The quantitative estimate of drug-likeness (QED) is 0.0142. The minimum atomic E-state index is -3.76. The molecule has 0 radical (unpaired) electrons. The van der Waals surface area contributed by atoms with Gasteiger partial charge in [0.15, 0.2) is 0 Å². The third-order valence-corrected chi connectivity index (χ3v) is 26.9. The van der Waals surface area contributed by atoms with E-state index in [1.165, 1.54) is 22.5 Å². The summed E-state index contributed by atoms with van der Waals surface area (Å²) in [7, 11) is 6.25. The summed E-state index contributed by atoms with van der Waals surface area (Å²) in [4.78, 5) is 101. The summed E-state index contributed by atoms with van der Waals surface area (Å²) in [5.41, 5.74) is 12.2.